The Hall–Kier alpha value is -2.67. The number of hydrogen-bond donors (Lipinski definition) is 1. The monoisotopic (exact) mass is 397 g/mol. The van der Waals surface area contributed by atoms with Gasteiger partial charge in [-0.1, -0.05) is 35.5 Å². The van der Waals surface area contributed by atoms with Gasteiger partial charge in [-0.15, -0.1) is 0 Å². The summed E-state index contributed by atoms with van der Waals surface area (Å²) in [5.41, 5.74) is 0.723. The Morgan fingerprint density at radius 1 is 1.21 bits per heavy atom. The number of nitrogens with zero attached hydrogens (tertiary/aromatic N) is 3. The summed E-state index contributed by atoms with van der Waals surface area (Å²) in [7, 11) is 0. The molecule has 1 aromatic heterocycles. The highest BCUT2D eigenvalue weighted by Gasteiger charge is 2.51. The molecule has 1 unspecified atom stereocenters. The molecular formula is C22H27N3O4. The van der Waals surface area contributed by atoms with E-state index in [1.54, 1.807) is 9.80 Å². The Morgan fingerprint density at radius 3 is 2.62 bits per heavy atom. The van der Waals surface area contributed by atoms with Gasteiger partial charge in [-0.3, -0.25) is 9.59 Å². The molecule has 2 fully saturated rings. The molecular weight excluding hydrogens is 370 g/mol. The van der Waals surface area contributed by atoms with Crippen molar-refractivity contribution in [1.82, 2.24) is 15.0 Å². The standard InChI is InChI=1S/C22H27N3O4/c1-16(26)25-11-5-10-22(25,21(28)24-12-8-18(27)9-13-24)15-19-14-20(23-29-19)17-6-3-2-4-7-17/h2-4,6-7,14,18,27H,5,8-13,15H2,1H3. The molecule has 7 heteroatoms. The smallest absolute Gasteiger partial charge is 0.249 e. The van der Waals surface area contributed by atoms with Crippen LogP contribution in [0, 0.1) is 0 Å². The van der Waals surface area contributed by atoms with E-state index >= 15 is 0 Å². The van der Waals surface area contributed by atoms with Crippen LogP contribution in [0.15, 0.2) is 40.9 Å². The Balaban J connectivity index is 1.62. The minimum atomic E-state index is -0.943. The highest BCUT2D eigenvalue weighted by atomic mass is 16.5. The number of aliphatic hydroxyl groups is 1. The molecule has 7 nitrogen and oxygen atoms in total. The molecule has 0 aliphatic carbocycles. The topological polar surface area (TPSA) is 86.9 Å². The summed E-state index contributed by atoms with van der Waals surface area (Å²) in [5, 5.41) is 14.0. The van der Waals surface area contributed by atoms with Crippen molar-refractivity contribution in [1.29, 1.82) is 0 Å². The van der Waals surface area contributed by atoms with Gasteiger partial charge < -0.3 is 19.4 Å². The molecule has 154 valence electrons. The van der Waals surface area contributed by atoms with Crippen LogP contribution in [0.25, 0.3) is 11.3 Å². The molecule has 4 rings (SSSR count). The zero-order valence-electron chi connectivity index (χ0n) is 16.7. The van der Waals surface area contributed by atoms with Crippen LogP contribution in [-0.4, -0.2) is 63.2 Å². The Morgan fingerprint density at radius 2 is 1.93 bits per heavy atom. The van der Waals surface area contributed by atoms with Crippen molar-refractivity contribution in [2.45, 2.75) is 50.7 Å². The van der Waals surface area contributed by atoms with Crippen molar-refractivity contribution >= 4 is 11.8 Å². The number of aromatic nitrogens is 1. The van der Waals surface area contributed by atoms with E-state index < -0.39 is 5.54 Å². The van der Waals surface area contributed by atoms with Gasteiger partial charge in [0.15, 0.2) is 0 Å². The predicted octanol–water partition coefficient (Wildman–Crippen LogP) is 2.25. The van der Waals surface area contributed by atoms with Gasteiger partial charge in [0.25, 0.3) is 0 Å². The first-order valence-corrected chi connectivity index (χ1v) is 10.3. The van der Waals surface area contributed by atoms with Crippen molar-refractivity contribution < 1.29 is 19.2 Å². The van der Waals surface area contributed by atoms with Crippen molar-refractivity contribution in [3.63, 3.8) is 0 Å². The highest BCUT2D eigenvalue weighted by Crippen LogP contribution is 2.36. The van der Waals surface area contributed by atoms with Crippen LogP contribution in [0.5, 0.6) is 0 Å². The van der Waals surface area contributed by atoms with Gasteiger partial charge >= 0.3 is 0 Å². The Bertz CT molecular complexity index is 873. The van der Waals surface area contributed by atoms with Crippen LogP contribution in [-0.2, 0) is 16.0 Å². The fourth-order valence-electron chi connectivity index (χ4n) is 4.61. The number of rotatable bonds is 4. The second kappa shape index (κ2) is 7.99. The number of hydrogen-bond acceptors (Lipinski definition) is 5. The van der Waals surface area contributed by atoms with Crippen LogP contribution < -0.4 is 0 Å². The van der Waals surface area contributed by atoms with Gasteiger partial charge in [0.2, 0.25) is 11.8 Å². The molecule has 0 radical (unpaired) electrons. The lowest BCUT2D eigenvalue weighted by Gasteiger charge is -2.41. The van der Waals surface area contributed by atoms with Crippen molar-refractivity contribution in [3.05, 3.63) is 42.2 Å². The maximum atomic E-state index is 13.6. The summed E-state index contributed by atoms with van der Waals surface area (Å²) >= 11 is 0. The number of amides is 2. The summed E-state index contributed by atoms with van der Waals surface area (Å²) < 4.78 is 5.59. The molecule has 2 aliphatic heterocycles. The first-order chi connectivity index (χ1) is 14.0. The second-order valence-electron chi connectivity index (χ2n) is 8.05. The lowest BCUT2D eigenvalue weighted by Crippen LogP contribution is -2.60. The van der Waals surface area contributed by atoms with Gasteiger partial charge in [-0.25, -0.2) is 0 Å². The fraction of sp³-hybridized carbons (Fsp3) is 0.500. The van der Waals surface area contributed by atoms with Gasteiger partial charge in [-0.2, -0.15) is 0 Å². The van der Waals surface area contributed by atoms with Gasteiger partial charge in [0.05, 0.1) is 6.10 Å². The van der Waals surface area contributed by atoms with E-state index in [0.29, 0.717) is 51.1 Å². The molecule has 2 saturated heterocycles. The normalized spacial score (nSPS) is 22.8. The number of piperidine rings is 1. The van der Waals surface area contributed by atoms with Crippen molar-refractivity contribution in [2.75, 3.05) is 19.6 Å². The van der Waals surface area contributed by atoms with E-state index in [0.717, 1.165) is 17.7 Å². The average molecular weight is 397 g/mol. The van der Waals surface area contributed by atoms with Crippen LogP contribution >= 0.6 is 0 Å². The Kier molecular flexibility index (Phi) is 5.41. The maximum Gasteiger partial charge on any atom is 0.249 e. The quantitative estimate of drug-likeness (QED) is 0.855. The highest BCUT2D eigenvalue weighted by molar-refractivity contribution is 5.92. The maximum absolute atomic E-state index is 13.6. The average Bonchev–Trinajstić information content (AvgIpc) is 3.37. The lowest BCUT2D eigenvalue weighted by molar-refractivity contribution is -0.152. The number of aliphatic hydroxyl groups excluding tert-OH is 1. The van der Waals surface area contributed by atoms with E-state index in [2.05, 4.69) is 5.16 Å². The third kappa shape index (κ3) is 3.79. The number of benzene rings is 1. The molecule has 3 heterocycles. The molecule has 0 saturated carbocycles. The number of carbonyl (C=O) groups is 2. The van der Waals surface area contributed by atoms with E-state index in [-0.39, 0.29) is 17.9 Å². The second-order valence-corrected chi connectivity index (χ2v) is 8.05. The zero-order chi connectivity index (χ0) is 20.4. The third-order valence-corrected chi connectivity index (χ3v) is 6.11. The third-order valence-electron chi connectivity index (χ3n) is 6.11. The van der Waals surface area contributed by atoms with E-state index in [9.17, 15) is 14.7 Å². The minimum absolute atomic E-state index is 0.0465. The molecule has 0 bridgehead atoms. The summed E-state index contributed by atoms with van der Waals surface area (Å²) in [6.45, 7) is 3.11. The number of likely N-dealkylation sites (tertiary alicyclic amines) is 2. The first kappa shape index (κ1) is 19.6. The van der Waals surface area contributed by atoms with Crippen LogP contribution in [0.2, 0.25) is 0 Å². The predicted molar refractivity (Wildman–Crippen MR) is 107 cm³/mol. The van der Waals surface area contributed by atoms with Gasteiger partial charge in [0.1, 0.15) is 17.0 Å². The summed E-state index contributed by atoms with van der Waals surface area (Å²) in [4.78, 5) is 29.5. The van der Waals surface area contributed by atoms with Gasteiger partial charge in [0, 0.05) is 44.6 Å². The number of carbonyl (C=O) groups excluding carboxylic acids is 2. The van der Waals surface area contributed by atoms with Crippen molar-refractivity contribution in [2.24, 2.45) is 0 Å². The molecule has 1 N–H and O–H groups in total. The van der Waals surface area contributed by atoms with Crippen LogP contribution in [0.3, 0.4) is 0 Å². The molecule has 2 amide bonds. The van der Waals surface area contributed by atoms with E-state index in [1.807, 2.05) is 36.4 Å². The first-order valence-electron chi connectivity index (χ1n) is 10.3. The summed E-state index contributed by atoms with van der Waals surface area (Å²) in [5.74, 6) is 0.452. The van der Waals surface area contributed by atoms with E-state index in [1.165, 1.54) is 6.92 Å². The molecule has 1 aromatic carbocycles. The van der Waals surface area contributed by atoms with Crippen molar-refractivity contribution in [3.8, 4) is 11.3 Å². The molecule has 1 atom stereocenters. The molecule has 2 aliphatic rings. The van der Waals surface area contributed by atoms with Crippen LogP contribution in [0.1, 0.15) is 38.4 Å². The van der Waals surface area contributed by atoms with E-state index in [4.69, 9.17) is 4.52 Å². The summed E-state index contributed by atoms with van der Waals surface area (Å²) in [6.07, 6.45) is 2.48. The summed E-state index contributed by atoms with van der Waals surface area (Å²) in [6, 6.07) is 11.6. The SMILES string of the molecule is CC(=O)N1CCCC1(Cc1cc(-c2ccccc2)no1)C(=O)N1CCC(O)CC1. The molecule has 2 aromatic rings. The lowest BCUT2D eigenvalue weighted by atomic mass is 9.87. The fourth-order valence-corrected chi connectivity index (χ4v) is 4.61. The molecule has 0 spiro atoms. The van der Waals surface area contributed by atoms with Crippen LogP contribution in [0.4, 0.5) is 0 Å². The zero-order valence-corrected chi connectivity index (χ0v) is 16.7. The van der Waals surface area contributed by atoms with Gasteiger partial charge in [-0.05, 0) is 25.7 Å². The largest absolute Gasteiger partial charge is 0.393 e. The Labute approximate surface area is 170 Å². The molecule has 29 heavy (non-hydrogen) atoms. The minimum Gasteiger partial charge on any atom is -0.393 e.